The van der Waals surface area contributed by atoms with Gasteiger partial charge in [-0.25, -0.2) is 0 Å². The topological polar surface area (TPSA) is 75.1 Å². The van der Waals surface area contributed by atoms with Gasteiger partial charge in [-0.2, -0.15) is 9.97 Å². The summed E-state index contributed by atoms with van der Waals surface area (Å²) in [5.41, 5.74) is 0.676. The first-order valence-corrected chi connectivity index (χ1v) is 6.59. The largest absolute Gasteiger partial charge is 0.481 e. The predicted molar refractivity (Wildman–Crippen MR) is 84.0 cm³/mol. The summed E-state index contributed by atoms with van der Waals surface area (Å²) in [4.78, 5) is 13.1. The average Bonchev–Trinajstić information content (AvgIpc) is 2.59. The van der Waals surface area contributed by atoms with Crippen LogP contribution >= 0.6 is 0 Å². The second kappa shape index (κ2) is 8.24. The molecule has 0 aliphatic rings. The van der Waals surface area contributed by atoms with Crippen LogP contribution in [0.3, 0.4) is 0 Å². The lowest BCUT2D eigenvalue weighted by Crippen LogP contribution is -1.99. The fraction of sp³-hybridized carbons (Fsp3) is 0.188. The maximum Gasteiger partial charge on any atom is 0.328 e. The second-order valence-electron chi connectivity index (χ2n) is 4.09. The number of nitrogens with zero attached hydrogens (tertiary/aromatic N) is 3. The molecule has 7 nitrogen and oxygen atoms in total. The van der Waals surface area contributed by atoms with E-state index in [0.717, 1.165) is 0 Å². The summed E-state index contributed by atoms with van der Waals surface area (Å²) < 4.78 is 15.8. The molecule has 0 atom stereocenters. The lowest BCUT2D eigenvalue weighted by Gasteiger charge is -2.09. The van der Waals surface area contributed by atoms with Crippen LogP contribution in [-0.4, -0.2) is 37.0 Å². The van der Waals surface area contributed by atoms with Gasteiger partial charge in [-0.3, -0.25) is 0 Å². The van der Waals surface area contributed by atoms with Crippen molar-refractivity contribution in [2.45, 2.75) is 0 Å². The molecule has 0 N–H and O–H groups in total. The van der Waals surface area contributed by atoms with Crippen molar-refractivity contribution in [1.29, 1.82) is 0 Å². The van der Waals surface area contributed by atoms with Gasteiger partial charge in [0.2, 0.25) is 11.8 Å². The number of oxime groups is 1. The third kappa shape index (κ3) is 4.61. The Morgan fingerprint density at radius 2 is 1.87 bits per heavy atom. The average molecular weight is 313 g/mol. The quantitative estimate of drug-likeness (QED) is 0.338. The van der Waals surface area contributed by atoms with Gasteiger partial charge in [0.25, 0.3) is 0 Å². The highest BCUT2D eigenvalue weighted by atomic mass is 16.6. The fourth-order valence-corrected chi connectivity index (χ4v) is 1.59. The van der Waals surface area contributed by atoms with Crippen LogP contribution in [0.25, 0.3) is 0 Å². The van der Waals surface area contributed by atoms with Crippen molar-refractivity contribution in [1.82, 2.24) is 9.97 Å². The van der Waals surface area contributed by atoms with Crippen molar-refractivity contribution in [3.63, 3.8) is 0 Å². The van der Waals surface area contributed by atoms with Gasteiger partial charge in [-0.05, 0) is 12.1 Å². The minimum Gasteiger partial charge on any atom is -0.481 e. The Kier molecular flexibility index (Phi) is 5.77. The third-order valence-corrected chi connectivity index (χ3v) is 2.61. The summed E-state index contributed by atoms with van der Waals surface area (Å²) in [5.74, 6) is 3.47. The summed E-state index contributed by atoms with van der Waals surface area (Å²) in [7, 11) is 2.99. The first kappa shape index (κ1) is 16.1. The molecule has 0 aliphatic carbocycles. The summed E-state index contributed by atoms with van der Waals surface area (Å²) in [5, 5.41) is 3.76. The number of aromatic nitrogens is 2. The van der Waals surface area contributed by atoms with Gasteiger partial charge in [0.1, 0.15) is 5.75 Å². The van der Waals surface area contributed by atoms with Crippen molar-refractivity contribution in [3.8, 4) is 35.9 Å². The van der Waals surface area contributed by atoms with Crippen molar-refractivity contribution in [2.24, 2.45) is 5.16 Å². The van der Waals surface area contributed by atoms with Gasteiger partial charge in [-0.15, -0.1) is 6.42 Å². The van der Waals surface area contributed by atoms with Crippen LogP contribution in [-0.2, 0) is 4.84 Å². The third-order valence-electron chi connectivity index (χ3n) is 2.61. The molecule has 7 heteroatoms. The number of hydrogen-bond acceptors (Lipinski definition) is 7. The smallest absolute Gasteiger partial charge is 0.328 e. The molecule has 1 heterocycles. The molecule has 0 fully saturated rings. The summed E-state index contributed by atoms with van der Waals surface area (Å²) in [6.45, 7) is 0.0930. The summed E-state index contributed by atoms with van der Waals surface area (Å²) >= 11 is 0. The number of para-hydroxylation sites is 1. The van der Waals surface area contributed by atoms with Gasteiger partial charge in [0, 0.05) is 5.56 Å². The van der Waals surface area contributed by atoms with E-state index in [2.05, 4.69) is 21.0 Å². The van der Waals surface area contributed by atoms with Crippen LogP contribution in [0.5, 0.6) is 23.5 Å². The van der Waals surface area contributed by atoms with E-state index in [1.165, 1.54) is 20.4 Å². The monoisotopic (exact) mass is 313 g/mol. The normalized spacial score (nSPS) is 10.1. The number of hydrogen-bond donors (Lipinski definition) is 0. The van der Waals surface area contributed by atoms with Gasteiger partial charge in [0.05, 0.1) is 26.5 Å². The molecule has 0 saturated heterocycles. The standard InChI is InChI=1S/C16H15N3O4/c1-4-9-22-17-11-12-7-5-6-8-13(12)23-16-18-14(20-2)10-15(19-16)21-3/h1,5-8,10-11H,9H2,2-3H3/b17-11-. The molecule has 1 aromatic carbocycles. The Balaban J connectivity index is 2.23. The van der Waals surface area contributed by atoms with Crippen LogP contribution in [0.1, 0.15) is 5.56 Å². The molecule has 2 rings (SSSR count). The van der Waals surface area contributed by atoms with Crippen molar-refractivity contribution < 1.29 is 19.0 Å². The van der Waals surface area contributed by atoms with E-state index in [0.29, 0.717) is 23.1 Å². The van der Waals surface area contributed by atoms with E-state index in [-0.39, 0.29) is 12.6 Å². The lowest BCUT2D eigenvalue weighted by molar-refractivity contribution is 0.181. The molecule has 0 amide bonds. The molecule has 0 aliphatic heterocycles. The highest BCUT2D eigenvalue weighted by Gasteiger charge is 2.09. The second-order valence-corrected chi connectivity index (χ2v) is 4.09. The zero-order valence-electron chi connectivity index (χ0n) is 12.7. The van der Waals surface area contributed by atoms with Crippen molar-refractivity contribution in [3.05, 3.63) is 35.9 Å². The number of rotatable bonds is 7. The van der Waals surface area contributed by atoms with Crippen LogP contribution < -0.4 is 14.2 Å². The number of terminal acetylenes is 1. The van der Waals surface area contributed by atoms with E-state index in [1.54, 1.807) is 18.2 Å². The minimum atomic E-state index is 0.0894. The molecule has 0 unspecified atom stereocenters. The van der Waals surface area contributed by atoms with Gasteiger partial charge in [0.15, 0.2) is 6.61 Å². The molecule has 2 aromatic rings. The Labute approximate surface area is 133 Å². The molecule has 0 bridgehead atoms. The van der Waals surface area contributed by atoms with Crippen LogP contribution in [0, 0.1) is 12.3 Å². The van der Waals surface area contributed by atoms with Crippen LogP contribution in [0.4, 0.5) is 0 Å². The van der Waals surface area contributed by atoms with E-state index >= 15 is 0 Å². The Morgan fingerprint density at radius 1 is 1.17 bits per heavy atom. The van der Waals surface area contributed by atoms with E-state index in [4.69, 9.17) is 25.5 Å². The predicted octanol–water partition coefficient (Wildman–Crippen LogP) is 2.27. The van der Waals surface area contributed by atoms with E-state index in [9.17, 15) is 0 Å². The Morgan fingerprint density at radius 3 is 2.52 bits per heavy atom. The maximum atomic E-state index is 5.68. The lowest BCUT2D eigenvalue weighted by atomic mass is 10.2. The van der Waals surface area contributed by atoms with Gasteiger partial charge < -0.3 is 19.0 Å². The molecule has 0 spiro atoms. The van der Waals surface area contributed by atoms with E-state index < -0.39 is 0 Å². The highest BCUT2D eigenvalue weighted by molar-refractivity contribution is 5.83. The molecule has 23 heavy (non-hydrogen) atoms. The van der Waals surface area contributed by atoms with Crippen molar-refractivity contribution in [2.75, 3.05) is 20.8 Å². The SMILES string of the molecule is C#CCO/N=C\c1ccccc1Oc1nc(OC)cc(OC)n1. The molecule has 118 valence electrons. The fourth-order valence-electron chi connectivity index (χ4n) is 1.59. The Bertz CT molecular complexity index is 703. The summed E-state index contributed by atoms with van der Waals surface area (Å²) in [6, 6.07) is 8.84. The number of ether oxygens (including phenoxy) is 3. The van der Waals surface area contributed by atoms with E-state index in [1.807, 2.05) is 12.1 Å². The van der Waals surface area contributed by atoms with Gasteiger partial charge in [-0.1, -0.05) is 23.2 Å². The molecular formula is C16H15N3O4. The first-order chi connectivity index (χ1) is 11.3. The Hall–Kier alpha value is -3.27. The molecule has 1 aromatic heterocycles. The number of benzene rings is 1. The first-order valence-electron chi connectivity index (χ1n) is 6.59. The molecule has 0 saturated carbocycles. The summed E-state index contributed by atoms with van der Waals surface area (Å²) in [6.07, 6.45) is 6.57. The van der Waals surface area contributed by atoms with Crippen molar-refractivity contribution >= 4 is 6.21 Å². The van der Waals surface area contributed by atoms with Crippen LogP contribution in [0.15, 0.2) is 35.5 Å². The zero-order valence-corrected chi connectivity index (χ0v) is 12.7. The van der Waals surface area contributed by atoms with Gasteiger partial charge >= 0.3 is 6.01 Å². The maximum absolute atomic E-state index is 5.68. The molecular weight excluding hydrogens is 298 g/mol. The number of methoxy groups -OCH3 is 2. The van der Waals surface area contributed by atoms with Crippen LogP contribution in [0.2, 0.25) is 0 Å². The minimum absolute atomic E-state index is 0.0894. The zero-order chi connectivity index (χ0) is 16.5. The highest BCUT2D eigenvalue weighted by Crippen LogP contribution is 2.25. The molecule has 0 radical (unpaired) electrons.